The van der Waals surface area contributed by atoms with Crippen molar-refractivity contribution in [3.05, 3.63) is 23.9 Å². The smallest absolute Gasteiger partial charge is 0.128 e. The van der Waals surface area contributed by atoms with Crippen molar-refractivity contribution in [3.63, 3.8) is 0 Å². The second-order valence-electron chi connectivity index (χ2n) is 4.31. The van der Waals surface area contributed by atoms with E-state index in [2.05, 4.69) is 9.88 Å². The van der Waals surface area contributed by atoms with Crippen molar-refractivity contribution in [2.75, 3.05) is 24.6 Å². The molecule has 2 heterocycles. The maximum absolute atomic E-state index is 9.09. The number of hydrogen-bond acceptors (Lipinski definition) is 4. The molecule has 1 aromatic heterocycles. The molecule has 1 aliphatic heterocycles. The van der Waals surface area contributed by atoms with Crippen LogP contribution in [0.25, 0.3) is 0 Å². The molecular formula is C13H20N2O2. The maximum atomic E-state index is 9.09. The summed E-state index contributed by atoms with van der Waals surface area (Å²) in [5.41, 5.74) is 0.723. The fourth-order valence-electron chi connectivity index (χ4n) is 2.25. The molecule has 1 atom stereocenters. The number of rotatable bonds is 4. The minimum Gasteiger partial charge on any atom is -0.390 e. The van der Waals surface area contributed by atoms with Crippen LogP contribution in [0.4, 0.5) is 5.82 Å². The topological polar surface area (TPSA) is 45.6 Å². The average molecular weight is 236 g/mol. The number of pyridine rings is 1. The highest BCUT2D eigenvalue weighted by Gasteiger charge is 2.20. The molecule has 4 heteroatoms. The van der Waals surface area contributed by atoms with Gasteiger partial charge in [-0.2, -0.15) is 0 Å². The Hall–Kier alpha value is -1.13. The van der Waals surface area contributed by atoms with E-state index < -0.39 is 0 Å². The van der Waals surface area contributed by atoms with Gasteiger partial charge in [0.2, 0.25) is 0 Å². The van der Waals surface area contributed by atoms with Gasteiger partial charge in [0.25, 0.3) is 0 Å². The van der Waals surface area contributed by atoms with E-state index in [0.717, 1.165) is 44.0 Å². The summed E-state index contributed by atoms with van der Waals surface area (Å²) in [4.78, 5) is 6.67. The van der Waals surface area contributed by atoms with Crippen molar-refractivity contribution >= 4 is 5.82 Å². The van der Waals surface area contributed by atoms with Crippen LogP contribution in [0.5, 0.6) is 0 Å². The molecular weight excluding hydrogens is 216 g/mol. The van der Waals surface area contributed by atoms with E-state index in [1.54, 1.807) is 0 Å². The molecule has 1 unspecified atom stereocenters. The first kappa shape index (κ1) is 12.3. The lowest BCUT2D eigenvalue weighted by atomic mass is 10.1. The van der Waals surface area contributed by atoms with E-state index in [1.807, 2.05) is 25.1 Å². The molecule has 1 aliphatic rings. The van der Waals surface area contributed by atoms with Crippen LogP contribution in [-0.4, -0.2) is 35.9 Å². The third-order valence-corrected chi connectivity index (χ3v) is 3.06. The highest BCUT2D eigenvalue weighted by molar-refractivity contribution is 5.39. The first-order valence-electron chi connectivity index (χ1n) is 6.27. The van der Waals surface area contributed by atoms with Crippen LogP contribution in [0.15, 0.2) is 18.2 Å². The third kappa shape index (κ3) is 3.17. The van der Waals surface area contributed by atoms with Crippen LogP contribution in [0.2, 0.25) is 0 Å². The van der Waals surface area contributed by atoms with Gasteiger partial charge in [-0.3, -0.25) is 0 Å². The highest BCUT2D eigenvalue weighted by atomic mass is 16.5. The quantitative estimate of drug-likeness (QED) is 0.862. The third-order valence-electron chi connectivity index (χ3n) is 3.06. The summed E-state index contributed by atoms with van der Waals surface area (Å²) in [5.74, 6) is 0.945. The summed E-state index contributed by atoms with van der Waals surface area (Å²) in [5, 5.41) is 9.09. The summed E-state index contributed by atoms with van der Waals surface area (Å²) >= 11 is 0. The Kier molecular flexibility index (Phi) is 4.34. The summed E-state index contributed by atoms with van der Waals surface area (Å²) in [6.07, 6.45) is 2.58. The number of aliphatic hydroxyl groups is 1. The van der Waals surface area contributed by atoms with E-state index in [1.165, 1.54) is 0 Å². The van der Waals surface area contributed by atoms with Gasteiger partial charge in [-0.15, -0.1) is 0 Å². The zero-order valence-corrected chi connectivity index (χ0v) is 10.3. The second-order valence-corrected chi connectivity index (χ2v) is 4.31. The van der Waals surface area contributed by atoms with Crippen LogP contribution >= 0.6 is 0 Å². The maximum Gasteiger partial charge on any atom is 0.128 e. The number of aliphatic hydroxyl groups excluding tert-OH is 1. The molecule has 0 bridgehead atoms. The molecule has 4 nitrogen and oxygen atoms in total. The van der Waals surface area contributed by atoms with Gasteiger partial charge in [0.05, 0.1) is 18.4 Å². The van der Waals surface area contributed by atoms with Gasteiger partial charge in [-0.25, -0.2) is 4.98 Å². The molecule has 0 radical (unpaired) electrons. The average Bonchev–Trinajstić information content (AvgIpc) is 2.40. The zero-order chi connectivity index (χ0) is 12.1. The van der Waals surface area contributed by atoms with Crippen LogP contribution in [0.3, 0.4) is 0 Å². The Labute approximate surface area is 102 Å². The molecule has 1 saturated heterocycles. The van der Waals surface area contributed by atoms with Crippen molar-refractivity contribution in [1.82, 2.24) is 4.98 Å². The van der Waals surface area contributed by atoms with Crippen molar-refractivity contribution in [2.45, 2.75) is 32.5 Å². The lowest BCUT2D eigenvalue weighted by molar-refractivity contribution is 0.0525. The fraction of sp³-hybridized carbons (Fsp3) is 0.615. The minimum atomic E-state index is -0.00340. The Balaban J connectivity index is 2.05. The fourth-order valence-corrected chi connectivity index (χ4v) is 2.25. The largest absolute Gasteiger partial charge is 0.390 e. The molecule has 17 heavy (non-hydrogen) atoms. The molecule has 0 aromatic carbocycles. The molecule has 0 spiro atoms. The monoisotopic (exact) mass is 236 g/mol. The number of anilines is 1. The SMILES string of the molecule is CCOC1CCCN(c2cccc(CO)n2)C1. The van der Waals surface area contributed by atoms with E-state index >= 15 is 0 Å². The Morgan fingerprint density at radius 3 is 3.18 bits per heavy atom. The molecule has 0 aliphatic carbocycles. The van der Waals surface area contributed by atoms with E-state index in [9.17, 15) is 0 Å². The van der Waals surface area contributed by atoms with Crippen LogP contribution in [-0.2, 0) is 11.3 Å². The van der Waals surface area contributed by atoms with Crippen molar-refractivity contribution in [2.24, 2.45) is 0 Å². The van der Waals surface area contributed by atoms with Gasteiger partial charge in [0.1, 0.15) is 5.82 Å². The van der Waals surface area contributed by atoms with Gasteiger partial charge < -0.3 is 14.7 Å². The summed E-state index contributed by atoms with van der Waals surface area (Å²) < 4.78 is 5.67. The predicted molar refractivity (Wildman–Crippen MR) is 67.0 cm³/mol. The molecule has 1 aromatic rings. The number of aromatic nitrogens is 1. The second kappa shape index (κ2) is 5.98. The van der Waals surface area contributed by atoms with Gasteiger partial charge in [-0.1, -0.05) is 6.07 Å². The Bertz CT molecular complexity index is 355. The van der Waals surface area contributed by atoms with Crippen LogP contribution in [0.1, 0.15) is 25.5 Å². The molecule has 0 saturated carbocycles. The molecule has 1 fully saturated rings. The lowest BCUT2D eigenvalue weighted by Gasteiger charge is -2.33. The van der Waals surface area contributed by atoms with E-state index in [-0.39, 0.29) is 6.61 Å². The lowest BCUT2D eigenvalue weighted by Crippen LogP contribution is -2.40. The first-order valence-corrected chi connectivity index (χ1v) is 6.27. The summed E-state index contributed by atoms with van der Waals surface area (Å²) in [6.45, 7) is 4.71. The normalized spacial score (nSPS) is 20.6. The van der Waals surface area contributed by atoms with E-state index in [4.69, 9.17) is 9.84 Å². The van der Waals surface area contributed by atoms with E-state index in [0.29, 0.717) is 6.10 Å². The van der Waals surface area contributed by atoms with Gasteiger partial charge in [-0.05, 0) is 31.9 Å². The zero-order valence-electron chi connectivity index (χ0n) is 10.3. The van der Waals surface area contributed by atoms with Crippen LogP contribution < -0.4 is 4.90 Å². The number of ether oxygens (including phenoxy) is 1. The van der Waals surface area contributed by atoms with Crippen molar-refractivity contribution < 1.29 is 9.84 Å². The standard InChI is InChI=1S/C13H20N2O2/c1-2-17-12-6-4-8-15(9-12)13-7-3-5-11(10-16)14-13/h3,5,7,12,16H,2,4,6,8-10H2,1H3. The predicted octanol–water partition coefficient (Wildman–Crippen LogP) is 1.58. The number of nitrogens with zero attached hydrogens (tertiary/aromatic N) is 2. The molecule has 94 valence electrons. The number of hydrogen-bond donors (Lipinski definition) is 1. The number of piperidine rings is 1. The molecule has 1 N–H and O–H groups in total. The first-order chi connectivity index (χ1) is 8.33. The van der Waals surface area contributed by atoms with Gasteiger partial charge >= 0.3 is 0 Å². The van der Waals surface area contributed by atoms with Gasteiger partial charge in [0.15, 0.2) is 0 Å². The summed E-state index contributed by atoms with van der Waals surface area (Å²) in [6, 6.07) is 5.78. The van der Waals surface area contributed by atoms with Gasteiger partial charge in [0, 0.05) is 19.7 Å². The van der Waals surface area contributed by atoms with Crippen molar-refractivity contribution in [1.29, 1.82) is 0 Å². The van der Waals surface area contributed by atoms with Crippen molar-refractivity contribution in [3.8, 4) is 0 Å². The molecule has 0 amide bonds. The van der Waals surface area contributed by atoms with Crippen LogP contribution in [0, 0.1) is 0 Å². The minimum absolute atomic E-state index is 0.00340. The highest BCUT2D eigenvalue weighted by Crippen LogP contribution is 2.19. The Morgan fingerprint density at radius 2 is 2.41 bits per heavy atom. The summed E-state index contributed by atoms with van der Waals surface area (Å²) in [7, 11) is 0. The molecule has 2 rings (SSSR count). The Morgan fingerprint density at radius 1 is 1.53 bits per heavy atom.